The van der Waals surface area contributed by atoms with Crippen molar-refractivity contribution in [3.8, 4) is 0 Å². The third-order valence-corrected chi connectivity index (χ3v) is 14.4. The van der Waals surface area contributed by atoms with Gasteiger partial charge in [-0.15, -0.1) is 0 Å². The SMILES string of the molecule is CCC1C[N+]2(Cc3c4ccccc4cc4ccccc34)CCC1CC2[C@@H](OC(=O)C12CC3CC(CC(C3)C1)C2)c1ccnc2ccccc12. The van der Waals surface area contributed by atoms with Gasteiger partial charge in [0.15, 0.2) is 6.10 Å². The number of ether oxygens (including phenoxy) is 1. The number of hydrogen-bond acceptors (Lipinski definition) is 3. The van der Waals surface area contributed by atoms with Gasteiger partial charge < -0.3 is 9.22 Å². The molecule has 1 aromatic heterocycles. The third-order valence-electron chi connectivity index (χ3n) is 14.4. The lowest BCUT2D eigenvalue weighted by atomic mass is 9.49. The van der Waals surface area contributed by atoms with Crippen molar-refractivity contribution in [3.05, 3.63) is 102 Å². The molecule has 250 valence electrons. The molecule has 4 unspecified atom stereocenters. The second kappa shape index (κ2) is 11.4. The maximum absolute atomic E-state index is 15.0. The van der Waals surface area contributed by atoms with Crippen LogP contribution in [0, 0.1) is 35.0 Å². The molecular weight excluding hydrogens is 601 g/mol. The van der Waals surface area contributed by atoms with Crippen LogP contribution in [0.2, 0.25) is 0 Å². The summed E-state index contributed by atoms with van der Waals surface area (Å²) in [5.74, 6) is 3.60. The first-order valence-corrected chi connectivity index (χ1v) is 19.3. The van der Waals surface area contributed by atoms with Gasteiger partial charge in [0, 0.05) is 41.5 Å². The Hall–Kier alpha value is -3.76. The van der Waals surface area contributed by atoms with Crippen LogP contribution in [-0.2, 0) is 16.1 Å². The Kier molecular flexibility index (Phi) is 6.99. The van der Waals surface area contributed by atoms with E-state index in [-0.39, 0.29) is 23.5 Å². The number of para-hydroxylation sites is 1. The summed E-state index contributed by atoms with van der Waals surface area (Å²) in [6, 6.07) is 31.2. The molecule has 4 aromatic carbocycles. The summed E-state index contributed by atoms with van der Waals surface area (Å²) in [6.45, 7) is 5.64. The quantitative estimate of drug-likeness (QED) is 0.100. The van der Waals surface area contributed by atoms with E-state index in [1.165, 1.54) is 59.2 Å². The molecule has 0 N–H and O–H groups in total. The Labute approximate surface area is 290 Å². The van der Waals surface area contributed by atoms with Gasteiger partial charge in [0.1, 0.15) is 12.6 Å². The van der Waals surface area contributed by atoms with Crippen LogP contribution in [-0.4, -0.2) is 34.6 Å². The third kappa shape index (κ3) is 4.80. The van der Waals surface area contributed by atoms with Gasteiger partial charge in [-0.25, -0.2) is 0 Å². The van der Waals surface area contributed by atoms with Crippen molar-refractivity contribution in [3.63, 3.8) is 0 Å². The summed E-state index contributed by atoms with van der Waals surface area (Å²) in [5, 5.41) is 6.50. The van der Waals surface area contributed by atoms with Crippen LogP contribution in [0.4, 0.5) is 0 Å². The highest BCUT2D eigenvalue weighted by molar-refractivity contribution is 6.02. The predicted octanol–water partition coefficient (Wildman–Crippen LogP) is 10.2. The Balaban J connectivity index is 1.13. The minimum absolute atomic E-state index is 0.112. The van der Waals surface area contributed by atoms with Crippen LogP contribution in [0.1, 0.15) is 81.9 Å². The monoisotopic (exact) mass is 649 g/mol. The van der Waals surface area contributed by atoms with Crippen molar-refractivity contribution in [2.24, 2.45) is 35.0 Å². The van der Waals surface area contributed by atoms with Crippen LogP contribution in [0.25, 0.3) is 32.4 Å². The molecule has 3 saturated heterocycles. The van der Waals surface area contributed by atoms with Gasteiger partial charge in [0.25, 0.3) is 0 Å². The first kappa shape index (κ1) is 30.1. The molecule has 4 nitrogen and oxygen atoms in total. The van der Waals surface area contributed by atoms with Gasteiger partial charge in [-0.2, -0.15) is 0 Å². The number of piperidine rings is 3. The number of pyridine rings is 1. The minimum Gasteiger partial charge on any atom is -0.451 e. The number of carbonyl (C=O) groups is 1. The highest BCUT2D eigenvalue weighted by Gasteiger charge is 2.59. The second-order valence-electron chi connectivity index (χ2n) is 17.0. The zero-order chi connectivity index (χ0) is 32.7. The summed E-state index contributed by atoms with van der Waals surface area (Å²) in [5.41, 5.74) is 3.32. The number of carbonyl (C=O) groups excluding carboxylic acids is 1. The summed E-state index contributed by atoms with van der Waals surface area (Å²) in [4.78, 5) is 19.7. The number of benzene rings is 4. The van der Waals surface area contributed by atoms with E-state index in [1.807, 2.05) is 6.20 Å². The van der Waals surface area contributed by atoms with E-state index in [9.17, 15) is 4.79 Å². The molecule has 6 bridgehead atoms. The minimum atomic E-state index is -0.296. The van der Waals surface area contributed by atoms with Gasteiger partial charge in [0.2, 0.25) is 0 Å². The Morgan fingerprint density at radius 1 is 0.837 bits per heavy atom. The molecule has 4 heterocycles. The molecule has 4 heteroatoms. The molecule has 0 amide bonds. The molecular formula is C45H49N2O2+. The Morgan fingerprint density at radius 3 is 2.14 bits per heavy atom. The smallest absolute Gasteiger partial charge is 0.312 e. The molecule has 0 radical (unpaired) electrons. The first-order valence-electron chi connectivity index (χ1n) is 19.3. The van der Waals surface area contributed by atoms with Crippen LogP contribution < -0.4 is 0 Å². The number of aromatic nitrogens is 1. The lowest BCUT2D eigenvalue weighted by Gasteiger charge is -2.59. The largest absolute Gasteiger partial charge is 0.451 e. The Bertz CT molecular complexity index is 1990. The van der Waals surface area contributed by atoms with Crippen molar-refractivity contribution in [2.75, 3.05) is 13.1 Å². The molecule has 7 aliphatic rings. The van der Waals surface area contributed by atoms with Crippen molar-refractivity contribution < 1.29 is 14.0 Å². The summed E-state index contributed by atoms with van der Waals surface area (Å²) in [6.07, 6.45) is 12.3. The van der Waals surface area contributed by atoms with Gasteiger partial charge >= 0.3 is 5.97 Å². The molecule has 49 heavy (non-hydrogen) atoms. The van der Waals surface area contributed by atoms with Crippen LogP contribution in [0.3, 0.4) is 0 Å². The van der Waals surface area contributed by atoms with Gasteiger partial charge in [-0.1, -0.05) is 73.7 Å². The van der Waals surface area contributed by atoms with E-state index in [1.54, 1.807) is 0 Å². The molecule has 5 aromatic rings. The molecule has 7 fully saturated rings. The van der Waals surface area contributed by atoms with Crippen LogP contribution in [0.5, 0.6) is 0 Å². The molecule has 12 rings (SSSR count). The van der Waals surface area contributed by atoms with Crippen molar-refractivity contribution >= 4 is 38.4 Å². The van der Waals surface area contributed by atoms with E-state index >= 15 is 0 Å². The van der Waals surface area contributed by atoms with Crippen molar-refractivity contribution in [1.82, 2.24) is 4.98 Å². The average Bonchev–Trinajstić information content (AvgIpc) is 3.13. The highest BCUT2D eigenvalue weighted by Crippen LogP contribution is 2.61. The standard InChI is InChI=1S/C45H49N2O2/c1-2-32-27-47(28-40-36-11-5-3-9-34(36)22-35-10-4-6-12-37(35)40)18-16-33(32)23-42(47)43(39-15-17-46-41-14-8-7-13-38(39)41)49-44(48)45-24-29-19-30(25-45)21-31(20-29)26-45/h3-15,17,22,29-33,42-43H,2,16,18-21,23-28H2,1H3/q+1/t29?,30?,31?,32?,33?,42?,43-,45?,47?/m0/s1. The number of rotatable bonds is 7. The first-order chi connectivity index (χ1) is 24.0. The van der Waals surface area contributed by atoms with Gasteiger partial charge in [-0.3, -0.25) is 9.78 Å². The summed E-state index contributed by atoms with van der Waals surface area (Å²) < 4.78 is 8.23. The van der Waals surface area contributed by atoms with E-state index < -0.39 is 0 Å². The lowest BCUT2D eigenvalue weighted by molar-refractivity contribution is -0.985. The molecule has 5 atom stereocenters. The number of quaternary nitrogens is 1. The summed E-state index contributed by atoms with van der Waals surface area (Å²) in [7, 11) is 0. The molecule has 0 spiro atoms. The predicted molar refractivity (Wildman–Crippen MR) is 197 cm³/mol. The second-order valence-corrected chi connectivity index (χ2v) is 17.0. The topological polar surface area (TPSA) is 39.2 Å². The average molecular weight is 650 g/mol. The number of esters is 1. The van der Waals surface area contributed by atoms with Gasteiger partial charge in [0.05, 0.1) is 24.0 Å². The lowest BCUT2D eigenvalue weighted by Crippen LogP contribution is -2.68. The fourth-order valence-corrected chi connectivity index (χ4v) is 12.6. The molecule has 4 aliphatic carbocycles. The maximum Gasteiger partial charge on any atom is 0.312 e. The molecule has 3 aliphatic heterocycles. The van der Waals surface area contributed by atoms with E-state index in [2.05, 4.69) is 91.9 Å². The van der Waals surface area contributed by atoms with Crippen molar-refractivity contribution in [1.29, 1.82) is 0 Å². The highest BCUT2D eigenvalue weighted by atomic mass is 16.5. The Morgan fingerprint density at radius 2 is 1.47 bits per heavy atom. The summed E-state index contributed by atoms with van der Waals surface area (Å²) >= 11 is 0. The zero-order valence-corrected chi connectivity index (χ0v) is 28.9. The van der Waals surface area contributed by atoms with Crippen LogP contribution >= 0.6 is 0 Å². The fourth-order valence-electron chi connectivity index (χ4n) is 12.6. The normalized spacial score (nSPS) is 33.7. The zero-order valence-electron chi connectivity index (χ0n) is 28.9. The molecule has 4 saturated carbocycles. The van der Waals surface area contributed by atoms with E-state index in [0.29, 0.717) is 29.6 Å². The number of fused-ring (bicyclic) bond motifs is 6. The van der Waals surface area contributed by atoms with E-state index in [0.717, 1.165) is 66.3 Å². The van der Waals surface area contributed by atoms with Crippen molar-refractivity contribution in [2.45, 2.75) is 83.4 Å². The number of hydrogen-bond donors (Lipinski definition) is 0. The fraction of sp³-hybridized carbons (Fsp3) is 0.467. The van der Waals surface area contributed by atoms with E-state index in [4.69, 9.17) is 9.72 Å². The number of nitrogens with zero attached hydrogens (tertiary/aromatic N) is 2. The van der Waals surface area contributed by atoms with Crippen LogP contribution in [0.15, 0.2) is 91.1 Å². The maximum atomic E-state index is 15.0. The van der Waals surface area contributed by atoms with Gasteiger partial charge in [-0.05, 0) is 108 Å².